The highest BCUT2D eigenvalue weighted by Gasteiger charge is 2.12. The summed E-state index contributed by atoms with van der Waals surface area (Å²) in [4.78, 5) is 0. The lowest BCUT2D eigenvalue weighted by Crippen LogP contribution is -2.26. The first-order valence-electron chi connectivity index (χ1n) is 9.11. The molecule has 0 fully saturated rings. The van der Waals surface area contributed by atoms with Crippen LogP contribution in [0.25, 0.3) is 10.9 Å². The van der Waals surface area contributed by atoms with Crippen LogP contribution in [0.3, 0.4) is 0 Å². The maximum atomic E-state index is 2.49. The van der Waals surface area contributed by atoms with E-state index < -0.39 is 8.80 Å². The average Bonchev–Trinajstić information content (AvgIpc) is 2.91. The first kappa shape index (κ1) is 17.3. The number of rotatable bonds is 10. The van der Waals surface area contributed by atoms with Crippen LogP contribution < -0.4 is 5.19 Å². The minimum Gasteiger partial charge on any atom is -0.351 e. The highest BCUT2D eigenvalue weighted by atomic mass is 28.3. The largest absolute Gasteiger partial charge is 0.351 e. The molecule has 121 valence electrons. The van der Waals surface area contributed by atoms with E-state index in [-0.39, 0.29) is 0 Å². The Morgan fingerprint density at radius 3 is 2.32 bits per heavy atom. The molecule has 0 saturated heterocycles. The lowest BCUT2D eigenvalue weighted by molar-refractivity contribution is 0.584. The van der Waals surface area contributed by atoms with Crippen molar-refractivity contribution in [2.24, 2.45) is 7.05 Å². The minimum absolute atomic E-state index is 0.393. The zero-order chi connectivity index (χ0) is 15.8. The van der Waals surface area contributed by atoms with Crippen LogP contribution in [0.4, 0.5) is 0 Å². The lowest BCUT2D eigenvalue weighted by atomic mass is 10.1. The van der Waals surface area contributed by atoms with E-state index >= 15 is 0 Å². The molecule has 22 heavy (non-hydrogen) atoms. The Labute approximate surface area is 138 Å². The molecule has 2 heteroatoms. The first-order valence-corrected chi connectivity index (χ1v) is 11.3. The fraction of sp³-hybridized carbons (Fsp3) is 0.600. The van der Waals surface area contributed by atoms with Gasteiger partial charge in [-0.3, -0.25) is 0 Å². The van der Waals surface area contributed by atoms with Crippen molar-refractivity contribution in [1.29, 1.82) is 0 Å². The number of hydrogen-bond acceptors (Lipinski definition) is 0. The second-order valence-electron chi connectivity index (χ2n) is 6.67. The van der Waals surface area contributed by atoms with E-state index in [9.17, 15) is 0 Å². The second-order valence-corrected chi connectivity index (χ2v) is 9.27. The molecule has 0 amide bonds. The van der Waals surface area contributed by atoms with Crippen LogP contribution >= 0.6 is 0 Å². The van der Waals surface area contributed by atoms with Crippen molar-refractivity contribution in [3.63, 3.8) is 0 Å². The van der Waals surface area contributed by atoms with E-state index in [1.165, 1.54) is 68.3 Å². The molecule has 0 aliphatic heterocycles. The molecule has 0 atom stereocenters. The molecule has 0 spiro atoms. The molecule has 0 N–H and O–H groups in total. The Morgan fingerprint density at radius 2 is 1.59 bits per heavy atom. The highest BCUT2D eigenvalue weighted by molar-refractivity contribution is 6.74. The number of benzene rings is 1. The SMILES string of the molecule is CCCCCCCCCC[Si](C)c1cccc2c1ccn2C. The van der Waals surface area contributed by atoms with Gasteiger partial charge in [-0.25, -0.2) is 0 Å². The monoisotopic (exact) mass is 314 g/mol. The van der Waals surface area contributed by atoms with Gasteiger partial charge in [-0.05, 0) is 17.5 Å². The molecule has 1 nitrogen and oxygen atoms in total. The van der Waals surface area contributed by atoms with Gasteiger partial charge in [0.25, 0.3) is 0 Å². The summed E-state index contributed by atoms with van der Waals surface area (Å²) in [6.45, 7) is 4.78. The maximum Gasteiger partial charge on any atom is 0.0833 e. The Balaban J connectivity index is 1.74. The average molecular weight is 315 g/mol. The summed E-state index contributed by atoms with van der Waals surface area (Å²) in [6, 6.07) is 10.6. The smallest absolute Gasteiger partial charge is 0.0833 e. The lowest BCUT2D eigenvalue weighted by Gasteiger charge is -2.12. The summed E-state index contributed by atoms with van der Waals surface area (Å²) in [7, 11) is 1.75. The van der Waals surface area contributed by atoms with E-state index in [2.05, 4.69) is 55.5 Å². The number of nitrogens with zero attached hydrogens (tertiary/aromatic N) is 1. The summed E-state index contributed by atoms with van der Waals surface area (Å²) in [5.74, 6) is 0. The Morgan fingerprint density at radius 1 is 0.909 bits per heavy atom. The van der Waals surface area contributed by atoms with E-state index in [0.717, 1.165) is 0 Å². The summed E-state index contributed by atoms with van der Waals surface area (Å²) in [6.07, 6.45) is 13.6. The quantitative estimate of drug-likeness (QED) is 0.394. The van der Waals surface area contributed by atoms with Gasteiger partial charge >= 0.3 is 0 Å². The fourth-order valence-corrected chi connectivity index (χ4v) is 5.43. The van der Waals surface area contributed by atoms with Crippen molar-refractivity contribution < 1.29 is 0 Å². The molecule has 0 unspecified atom stereocenters. The number of unbranched alkanes of at least 4 members (excludes halogenated alkanes) is 7. The zero-order valence-electron chi connectivity index (χ0n) is 14.7. The van der Waals surface area contributed by atoms with Gasteiger partial charge in [0.05, 0.1) is 8.80 Å². The molecule has 0 bridgehead atoms. The Bertz CT molecular complexity index is 558. The Kier molecular flexibility index (Phi) is 7.24. The van der Waals surface area contributed by atoms with Gasteiger partial charge in [-0.1, -0.05) is 88.2 Å². The standard InChI is InChI=1S/C20H32NSi/c1-4-5-6-7-8-9-10-11-17-22(3)20-14-12-13-19-18(20)15-16-21(19)2/h12-16H,4-11,17H2,1-3H3. The van der Waals surface area contributed by atoms with Crippen molar-refractivity contribution in [3.8, 4) is 0 Å². The molecule has 0 aliphatic rings. The molecule has 2 aromatic rings. The van der Waals surface area contributed by atoms with Crippen LogP contribution in [0.5, 0.6) is 0 Å². The van der Waals surface area contributed by atoms with Crippen molar-refractivity contribution in [1.82, 2.24) is 4.57 Å². The normalized spacial score (nSPS) is 11.6. The second kappa shape index (κ2) is 9.19. The molecule has 0 saturated carbocycles. The van der Waals surface area contributed by atoms with Gasteiger partial charge in [0.1, 0.15) is 0 Å². The van der Waals surface area contributed by atoms with Crippen molar-refractivity contribution >= 4 is 24.9 Å². The van der Waals surface area contributed by atoms with E-state index in [1.807, 2.05) is 0 Å². The summed E-state index contributed by atoms with van der Waals surface area (Å²) < 4.78 is 2.24. The van der Waals surface area contributed by atoms with Gasteiger partial charge in [0.15, 0.2) is 0 Å². The predicted molar refractivity (Wildman–Crippen MR) is 102 cm³/mol. The van der Waals surface area contributed by atoms with Gasteiger partial charge in [-0.2, -0.15) is 0 Å². The number of aryl methyl sites for hydroxylation is 1. The van der Waals surface area contributed by atoms with Crippen LogP contribution in [0.1, 0.15) is 58.3 Å². The van der Waals surface area contributed by atoms with Crippen LogP contribution in [0.2, 0.25) is 12.6 Å². The first-order chi connectivity index (χ1) is 10.7. The van der Waals surface area contributed by atoms with Crippen molar-refractivity contribution in [2.75, 3.05) is 0 Å². The van der Waals surface area contributed by atoms with Gasteiger partial charge in [0, 0.05) is 18.8 Å². The van der Waals surface area contributed by atoms with Crippen LogP contribution in [0.15, 0.2) is 30.5 Å². The maximum absolute atomic E-state index is 2.49. The van der Waals surface area contributed by atoms with Crippen LogP contribution in [-0.4, -0.2) is 13.4 Å². The van der Waals surface area contributed by atoms with Crippen LogP contribution in [-0.2, 0) is 7.05 Å². The van der Waals surface area contributed by atoms with Gasteiger partial charge < -0.3 is 4.57 Å². The minimum atomic E-state index is -0.393. The third kappa shape index (κ3) is 4.74. The van der Waals surface area contributed by atoms with Crippen molar-refractivity contribution in [3.05, 3.63) is 30.5 Å². The fourth-order valence-electron chi connectivity index (χ4n) is 3.33. The molecule has 1 aromatic heterocycles. The van der Waals surface area contributed by atoms with Crippen molar-refractivity contribution in [2.45, 2.75) is 70.9 Å². The molecule has 2 rings (SSSR count). The van der Waals surface area contributed by atoms with Crippen LogP contribution in [0, 0.1) is 0 Å². The summed E-state index contributed by atoms with van der Waals surface area (Å²) in [5, 5.41) is 3.12. The highest BCUT2D eigenvalue weighted by Crippen LogP contribution is 2.16. The zero-order valence-corrected chi connectivity index (χ0v) is 15.7. The van der Waals surface area contributed by atoms with E-state index in [0.29, 0.717) is 0 Å². The number of fused-ring (bicyclic) bond motifs is 1. The van der Waals surface area contributed by atoms with E-state index in [1.54, 1.807) is 5.19 Å². The molecular weight excluding hydrogens is 282 g/mol. The number of aromatic nitrogens is 1. The van der Waals surface area contributed by atoms with E-state index in [4.69, 9.17) is 0 Å². The summed E-state index contributed by atoms with van der Waals surface area (Å²) in [5.41, 5.74) is 1.39. The molecule has 1 aromatic carbocycles. The van der Waals surface area contributed by atoms with Gasteiger partial charge in [-0.15, -0.1) is 0 Å². The van der Waals surface area contributed by atoms with Gasteiger partial charge in [0.2, 0.25) is 0 Å². The Hall–Kier alpha value is -1.02. The number of hydrogen-bond donors (Lipinski definition) is 0. The molecule has 0 aliphatic carbocycles. The predicted octanol–water partition coefficient (Wildman–Crippen LogP) is 5.65. The topological polar surface area (TPSA) is 4.93 Å². The molecule has 1 radical (unpaired) electrons. The molecular formula is C20H32NSi. The third-order valence-corrected chi connectivity index (χ3v) is 7.25. The third-order valence-electron chi connectivity index (χ3n) is 4.79. The summed E-state index contributed by atoms with van der Waals surface area (Å²) >= 11 is 0. The molecule has 1 heterocycles.